The molecule has 1 aromatic rings. The van der Waals surface area contributed by atoms with Crippen LogP contribution in [0, 0.1) is 0 Å². The molecule has 0 aliphatic carbocycles. The molecule has 0 aromatic heterocycles. The van der Waals surface area contributed by atoms with Crippen LogP contribution in [0.3, 0.4) is 0 Å². The van der Waals surface area contributed by atoms with Crippen molar-refractivity contribution in [3.63, 3.8) is 0 Å². The number of alkyl halides is 4. The minimum Gasteiger partial charge on any atom is -0.507 e. The molecule has 0 atom stereocenters. The van der Waals surface area contributed by atoms with Crippen molar-refractivity contribution < 1.29 is 27.5 Å². The van der Waals surface area contributed by atoms with Gasteiger partial charge in [0.05, 0.1) is 10.0 Å². The first-order valence-corrected chi connectivity index (χ1v) is 5.48. The number of aliphatic hydroxyl groups is 1. The van der Waals surface area contributed by atoms with E-state index >= 15 is 0 Å². The summed E-state index contributed by atoms with van der Waals surface area (Å²) in [5, 5.41) is 9.56. The highest BCUT2D eigenvalue weighted by Gasteiger charge is 2.47. The van der Waals surface area contributed by atoms with Crippen molar-refractivity contribution in [3.8, 4) is 0 Å². The number of hydrogen-bond donors (Lipinski definition) is 1. The molecule has 2 nitrogen and oxygen atoms in total. The molecule has 0 saturated heterocycles. The number of halogens is 6. The zero-order chi connectivity index (χ0) is 14.8. The van der Waals surface area contributed by atoms with E-state index < -0.39 is 23.9 Å². The Morgan fingerprint density at radius 1 is 1.26 bits per heavy atom. The van der Waals surface area contributed by atoms with Gasteiger partial charge in [-0.15, -0.1) is 0 Å². The third-order valence-corrected chi connectivity index (χ3v) is 2.82. The van der Waals surface area contributed by atoms with Crippen molar-refractivity contribution in [2.75, 3.05) is 0 Å². The standard InChI is InChI=1S/C11H6Cl2F4O2/c12-6-2-1-5(3-7(6)13)8(18)4-9(19)11(16,17)10(14)15/h1-4,10,18H. The van der Waals surface area contributed by atoms with Crippen molar-refractivity contribution in [3.05, 3.63) is 39.9 Å². The zero-order valence-electron chi connectivity index (χ0n) is 9.01. The highest BCUT2D eigenvalue weighted by atomic mass is 35.5. The second-order valence-electron chi connectivity index (χ2n) is 3.45. The zero-order valence-corrected chi connectivity index (χ0v) is 10.5. The average Bonchev–Trinajstić information content (AvgIpc) is 2.32. The van der Waals surface area contributed by atoms with E-state index in [4.69, 9.17) is 23.2 Å². The fourth-order valence-corrected chi connectivity index (χ4v) is 1.36. The number of benzene rings is 1. The van der Waals surface area contributed by atoms with Crippen LogP contribution in [0.1, 0.15) is 5.56 Å². The van der Waals surface area contributed by atoms with Crippen molar-refractivity contribution in [1.82, 2.24) is 0 Å². The van der Waals surface area contributed by atoms with Gasteiger partial charge < -0.3 is 5.11 Å². The Bertz CT molecular complexity index is 529. The maximum atomic E-state index is 12.7. The molecule has 0 amide bonds. The van der Waals surface area contributed by atoms with Gasteiger partial charge in [-0.1, -0.05) is 23.2 Å². The maximum absolute atomic E-state index is 12.7. The molecule has 1 rings (SSSR count). The van der Waals surface area contributed by atoms with Crippen molar-refractivity contribution in [1.29, 1.82) is 0 Å². The summed E-state index contributed by atoms with van der Waals surface area (Å²) >= 11 is 11.2. The first kappa shape index (κ1) is 15.8. The molecule has 104 valence electrons. The van der Waals surface area contributed by atoms with Crippen LogP contribution in [-0.2, 0) is 4.79 Å². The Morgan fingerprint density at radius 3 is 2.32 bits per heavy atom. The smallest absolute Gasteiger partial charge is 0.368 e. The van der Waals surface area contributed by atoms with E-state index in [1.165, 1.54) is 12.1 Å². The van der Waals surface area contributed by atoms with E-state index in [1.807, 2.05) is 0 Å². The second-order valence-corrected chi connectivity index (χ2v) is 4.26. The van der Waals surface area contributed by atoms with Crippen LogP contribution in [0.4, 0.5) is 17.6 Å². The Kier molecular flexibility index (Phi) is 4.81. The average molecular weight is 317 g/mol. The maximum Gasteiger partial charge on any atom is 0.368 e. The van der Waals surface area contributed by atoms with Gasteiger partial charge in [-0.05, 0) is 18.2 Å². The number of rotatable bonds is 4. The lowest BCUT2D eigenvalue weighted by atomic mass is 10.1. The van der Waals surface area contributed by atoms with Crippen LogP contribution in [-0.4, -0.2) is 23.2 Å². The molecule has 19 heavy (non-hydrogen) atoms. The summed E-state index contributed by atoms with van der Waals surface area (Å²) in [5.74, 6) is -7.97. The van der Waals surface area contributed by atoms with Crippen LogP contribution in [0.15, 0.2) is 24.3 Å². The minimum atomic E-state index is -4.86. The summed E-state index contributed by atoms with van der Waals surface area (Å²) in [6.45, 7) is 0. The van der Waals surface area contributed by atoms with E-state index in [0.717, 1.165) is 6.07 Å². The molecule has 0 radical (unpaired) electrons. The van der Waals surface area contributed by atoms with Gasteiger partial charge in [0.25, 0.3) is 0 Å². The molecule has 0 spiro atoms. The van der Waals surface area contributed by atoms with Crippen molar-refractivity contribution in [2.45, 2.75) is 12.3 Å². The van der Waals surface area contributed by atoms with E-state index in [1.54, 1.807) is 0 Å². The number of carbonyl (C=O) groups excluding carboxylic acids is 1. The summed E-state index contributed by atoms with van der Waals surface area (Å²) in [6, 6.07) is 3.54. The summed E-state index contributed by atoms with van der Waals surface area (Å²) < 4.78 is 49.1. The van der Waals surface area contributed by atoms with Gasteiger partial charge in [-0.3, -0.25) is 4.79 Å². The topological polar surface area (TPSA) is 37.3 Å². The Balaban J connectivity index is 3.05. The lowest BCUT2D eigenvalue weighted by Crippen LogP contribution is -2.35. The molecule has 0 saturated carbocycles. The third kappa shape index (κ3) is 3.61. The Morgan fingerprint density at radius 2 is 1.84 bits per heavy atom. The van der Waals surface area contributed by atoms with Crippen LogP contribution >= 0.6 is 23.2 Å². The predicted molar refractivity (Wildman–Crippen MR) is 63.0 cm³/mol. The van der Waals surface area contributed by atoms with E-state index in [0.29, 0.717) is 0 Å². The van der Waals surface area contributed by atoms with Gasteiger partial charge in [0.2, 0.25) is 5.78 Å². The molecule has 0 heterocycles. The molecule has 0 unspecified atom stereocenters. The van der Waals surface area contributed by atoms with Crippen LogP contribution in [0.25, 0.3) is 5.76 Å². The lowest BCUT2D eigenvalue weighted by Gasteiger charge is -2.11. The summed E-state index contributed by atoms with van der Waals surface area (Å²) in [6.07, 6.45) is -4.14. The summed E-state index contributed by atoms with van der Waals surface area (Å²) in [4.78, 5) is 10.9. The summed E-state index contributed by atoms with van der Waals surface area (Å²) in [7, 11) is 0. The van der Waals surface area contributed by atoms with Crippen LogP contribution in [0.2, 0.25) is 10.0 Å². The Hall–Kier alpha value is -1.27. The predicted octanol–water partition coefficient (Wildman–Crippen LogP) is 4.36. The van der Waals surface area contributed by atoms with Crippen LogP contribution in [0.5, 0.6) is 0 Å². The SMILES string of the molecule is O=C(C=C(O)c1ccc(Cl)c(Cl)c1)C(F)(F)C(F)F. The highest BCUT2D eigenvalue weighted by molar-refractivity contribution is 6.42. The van der Waals surface area contributed by atoms with Crippen LogP contribution < -0.4 is 0 Å². The number of ketones is 1. The molecular weight excluding hydrogens is 311 g/mol. The normalized spacial score (nSPS) is 12.9. The lowest BCUT2D eigenvalue weighted by molar-refractivity contribution is -0.161. The quantitative estimate of drug-likeness (QED) is 0.509. The Labute approximate surface area is 115 Å². The van der Waals surface area contributed by atoms with Crippen molar-refractivity contribution in [2.24, 2.45) is 0 Å². The van der Waals surface area contributed by atoms with E-state index in [2.05, 4.69) is 0 Å². The van der Waals surface area contributed by atoms with Gasteiger partial charge in [-0.25, -0.2) is 8.78 Å². The number of carbonyl (C=O) groups is 1. The van der Waals surface area contributed by atoms with Gasteiger partial charge in [-0.2, -0.15) is 8.78 Å². The number of aliphatic hydroxyl groups excluding tert-OH is 1. The molecule has 0 aliphatic heterocycles. The number of hydrogen-bond acceptors (Lipinski definition) is 2. The monoisotopic (exact) mass is 316 g/mol. The third-order valence-electron chi connectivity index (χ3n) is 2.09. The second kappa shape index (κ2) is 5.79. The molecule has 1 aromatic carbocycles. The van der Waals surface area contributed by atoms with Crippen molar-refractivity contribution >= 4 is 34.7 Å². The largest absolute Gasteiger partial charge is 0.507 e. The molecule has 0 bridgehead atoms. The first-order valence-electron chi connectivity index (χ1n) is 4.72. The fourth-order valence-electron chi connectivity index (χ4n) is 1.07. The number of allylic oxidation sites excluding steroid dienone is 1. The molecule has 0 aliphatic rings. The van der Waals surface area contributed by atoms with Gasteiger partial charge >= 0.3 is 12.3 Å². The molecule has 0 fully saturated rings. The molecule has 8 heteroatoms. The summed E-state index contributed by atoms with van der Waals surface area (Å²) in [5.41, 5.74) is -0.104. The van der Waals surface area contributed by atoms with Gasteiger partial charge in [0.15, 0.2) is 0 Å². The van der Waals surface area contributed by atoms with Gasteiger partial charge in [0.1, 0.15) is 5.76 Å². The van der Waals surface area contributed by atoms with Gasteiger partial charge in [0, 0.05) is 11.6 Å². The highest BCUT2D eigenvalue weighted by Crippen LogP contribution is 2.28. The van der Waals surface area contributed by atoms with E-state index in [9.17, 15) is 27.5 Å². The minimum absolute atomic E-state index is 0.00665. The fraction of sp³-hybridized carbons (Fsp3) is 0.182. The molecular formula is C11H6Cl2F4O2. The molecule has 1 N–H and O–H groups in total. The first-order chi connectivity index (χ1) is 8.66. The van der Waals surface area contributed by atoms with E-state index in [-0.39, 0.29) is 21.7 Å².